The van der Waals surface area contributed by atoms with E-state index in [1.807, 2.05) is 0 Å². The average molecular weight is 334 g/mol. The standard InChI is InChI=1S/C12H16ClN3O2S2/c1-15(9-5-3-2-4-6-9)20(17,18)11-10(13)14-12-16(11)7-8-19-12/h7-9H,2-6H2,1H3. The van der Waals surface area contributed by atoms with Crippen molar-refractivity contribution in [2.75, 3.05) is 7.05 Å². The maximum Gasteiger partial charge on any atom is 0.262 e. The van der Waals surface area contributed by atoms with E-state index in [-0.39, 0.29) is 16.2 Å². The molecule has 3 rings (SSSR count). The van der Waals surface area contributed by atoms with E-state index < -0.39 is 10.0 Å². The van der Waals surface area contributed by atoms with Gasteiger partial charge in [-0.2, -0.15) is 4.31 Å². The van der Waals surface area contributed by atoms with Crippen molar-refractivity contribution in [3.05, 3.63) is 16.7 Å². The van der Waals surface area contributed by atoms with E-state index >= 15 is 0 Å². The zero-order valence-electron chi connectivity index (χ0n) is 11.1. The van der Waals surface area contributed by atoms with Crippen LogP contribution in [-0.2, 0) is 10.0 Å². The van der Waals surface area contributed by atoms with Crippen molar-refractivity contribution in [1.82, 2.24) is 13.7 Å². The van der Waals surface area contributed by atoms with Crippen molar-refractivity contribution in [1.29, 1.82) is 0 Å². The largest absolute Gasteiger partial charge is 0.279 e. The number of hydrogen-bond donors (Lipinski definition) is 0. The molecule has 110 valence electrons. The summed E-state index contributed by atoms with van der Waals surface area (Å²) < 4.78 is 28.6. The highest BCUT2D eigenvalue weighted by atomic mass is 35.5. The first kappa shape index (κ1) is 14.3. The molecule has 0 saturated heterocycles. The molecule has 2 aromatic heterocycles. The summed E-state index contributed by atoms with van der Waals surface area (Å²) in [5, 5.41) is 1.95. The SMILES string of the molecule is CN(C1CCCCC1)S(=O)(=O)c1c(Cl)nc2sccn12. The zero-order valence-corrected chi connectivity index (χ0v) is 13.5. The van der Waals surface area contributed by atoms with Crippen LogP contribution in [0.1, 0.15) is 32.1 Å². The van der Waals surface area contributed by atoms with Crippen LogP contribution in [0.5, 0.6) is 0 Å². The highest BCUT2D eigenvalue weighted by molar-refractivity contribution is 7.89. The highest BCUT2D eigenvalue weighted by Gasteiger charge is 2.33. The molecular formula is C12H16ClN3O2S2. The summed E-state index contributed by atoms with van der Waals surface area (Å²) in [4.78, 5) is 4.71. The Morgan fingerprint density at radius 3 is 2.80 bits per heavy atom. The average Bonchev–Trinajstić information content (AvgIpc) is 2.98. The number of rotatable bonds is 3. The Hall–Kier alpha value is -0.630. The third kappa shape index (κ3) is 2.26. The number of nitrogens with zero attached hydrogens (tertiary/aromatic N) is 3. The Balaban J connectivity index is 2.02. The number of imidazole rings is 1. The normalized spacial score (nSPS) is 18.1. The van der Waals surface area contributed by atoms with Gasteiger partial charge in [-0.15, -0.1) is 11.3 Å². The van der Waals surface area contributed by atoms with Gasteiger partial charge < -0.3 is 0 Å². The van der Waals surface area contributed by atoms with Gasteiger partial charge in [0.15, 0.2) is 15.1 Å². The van der Waals surface area contributed by atoms with Gasteiger partial charge in [0.2, 0.25) is 0 Å². The molecule has 0 aliphatic heterocycles. The minimum absolute atomic E-state index is 0.0551. The lowest BCUT2D eigenvalue weighted by Gasteiger charge is -2.30. The van der Waals surface area contributed by atoms with Crippen LogP contribution in [0.25, 0.3) is 4.96 Å². The van der Waals surface area contributed by atoms with Gasteiger partial charge in [-0.25, -0.2) is 13.4 Å². The second kappa shape index (κ2) is 5.29. The van der Waals surface area contributed by atoms with Gasteiger partial charge in [0.05, 0.1) is 0 Å². The highest BCUT2D eigenvalue weighted by Crippen LogP contribution is 2.31. The molecule has 2 heterocycles. The summed E-state index contributed by atoms with van der Waals surface area (Å²) in [6.45, 7) is 0. The molecule has 0 atom stereocenters. The molecule has 2 aromatic rings. The first-order valence-corrected chi connectivity index (χ1v) is 9.30. The van der Waals surface area contributed by atoms with Crippen LogP contribution < -0.4 is 0 Å². The lowest BCUT2D eigenvalue weighted by Crippen LogP contribution is -2.38. The molecule has 1 fully saturated rings. The quantitative estimate of drug-likeness (QED) is 0.867. The Labute approximate surface area is 127 Å². The van der Waals surface area contributed by atoms with Crippen molar-refractivity contribution in [2.24, 2.45) is 0 Å². The molecule has 0 aromatic carbocycles. The number of sulfonamides is 1. The summed E-state index contributed by atoms with van der Waals surface area (Å²) in [5.41, 5.74) is 0. The van der Waals surface area contributed by atoms with Gasteiger partial charge in [0, 0.05) is 24.7 Å². The first-order valence-electron chi connectivity index (χ1n) is 6.61. The van der Waals surface area contributed by atoms with Crippen molar-refractivity contribution in [3.8, 4) is 0 Å². The van der Waals surface area contributed by atoms with Gasteiger partial charge in [-0.3, -0.25) is 4.40 Å². The Bertz CT molecular complexity index is 716. The van der Waals surface area contributed by atoms with E-state index in [2.05, 4.69) is 4.98 Å². The van der Waals surface area contributed by atoms with Gasteiger partial charge in [-0.05, 0) is 12.8 Å². The van der Waals surface area contributed by atoms with E-state index in [4.69, 9.17) is 11.6 Å². The fraction of sp³-hybridized carbons (Fsp3) is 0.583. The maximum atomic E-state index is 12.8. The second-order valence-corrected chi connectivity index (χ2v) is 8.22. The van der Waals surface area contributed by atoms with Crippen LogP contribution in [0, 0.1) is 0 Å². The van der Waals surface area contributed by atoms with Crippen LogP contribution in [-0.4, -0.2) is 35.2 Å². The van der Waals surface area contributed by atoms with E-state index in [1.54, 1.807) is 23.0 Å². The van der Waals surface area contributed by atoms with Crippen LogP contribution in [0.3, 0.4) is 0 Å². The molecule has 5 nitrogen and oxygen atoms in total. The minimum Gasteiger partial charge on any atom is -0.279 e. The Kier molecular flexibility index (Phi) is 3.79. The van der Waals surface area contributed by atoms with E-state index in [9.17, 15) is 8.42 Å². The van der Waals surface area contributed by atoms with Gasteiger partial charge in [0.1, 0.15) is 0 Å². The molecule has 0 radical (unpaired) electrons. The third-order valence-electron chi connectivity index (χ3n) is 3.89. The number of halogens is 1. The minimum atomic E-state index is -3.61. The van der Waals surface area contributed by atoms with Gasteiger partial charge in [0.25, 0.3) is 10.0 Å². The van der Waals surface area contributed by atoms with Crippen molar-refractivity contribution in [3.63, 3.8) is 0 Å². The molecule has 0 amide bonds. The van der Waals surface area contributed by atoms with Gasteiger partial charge in [-0.1, -0.05) is 30.9 Å². The number of fused-ring (bicyclic) bond motifs is 1. The molecule has 1 aliphatic carbocycles. The number of hydrogen-bond acceptors (Lipinski definition) is 4. The lowest BCUT2D eigenvalue weighted by atomic mass is 9.96. The summed E-state index contributed by atoms with van der Waals surface area (Å²) in [7, 11) is -1.97. The van der Waals surface area contributed by atoms with Crippen LogP contribution in [0.4, 0.5) is 0 Å². The number of thiazole rings is 1. The predicted octanol–water partition coefficient (Wildman–Crippen LogP) is 3.00. The summed E-state index contributed by atoms with van der Waals surface area (Å²) in [5.74, 6) is 0. The van der Waals surface area contributed by atoms with E-state index in [1.165, 1.54) is 22.1 Å². The molecule has 0 bridgehead atoms. The van der Waals surface area contributed by atoms with Crippen LogP contribution in [0.15, 0.2) is 16.6 Å². The van der Waals surface area contributed by atoms with Crippen LogP contribution >= 0.6 is 22.9 Å². The van der Waals surface area contributed by atoms with E-state index in [0.29, 0.717) is 4.96 Å². The zero-order chi connectivity index (χ0) is 14.3. The summed E-state index contributed by atoms with van der Waals surface area (Å²) >= 11 is 7.42. The van der Waals surface area contributed by atoms with Crippen molar-refractivity contribution >= 4 is 37.9 Å². The van der Waals surface area contributed by atoms with Crippen molar-refractivity contribution in [2.45, 2.75) is 43.2 Å². The second-order valence-electron chi connectivity index (χ2n) is 5.08. The number of aromatic nitrogens is 2. The van der Waals surface area contributed by atoms with Crippen LogP contribution in [0.2, 0.25) is 5.15 Å². The molecular weight excluding hydrogens is 318 g/mol. The predicted molar refractivity (Wildman–Crippen MR) is 79.9 cm³/mol. The fourth-order valence-electron chi connectivity index (χ4n) is 2.75. The monoisotopic (exact) mass is 333 g/mol. The lowest BCUT2D eigenvalue weighted by molar-refractivity contribution is 0.285. The maximum absolute atomic E-state index is 12.8. The third-order valence-corrected chi connectivity index (χ3v) is 6.96. The Morgan fingerprint density at radius 2 is 2.10 bits per heavy atom. The molecule has 1 saturated carbocycles. The molecule has 1 aliphatic rings. The molecule has 0 unspecified atom stereocenters. The van der Waals surface area contributed by atoms with Crippen molar-refractivity contribution < 1.29 is 8.42 Å². The van der Waals surface area contributed by atoms with E-state index in [0.717, 1.165) is 25.7 Å². The first-order chi connectivity index (χ1) is 9.51. The molecule has 0 N–H and O–H groups in total. The molecule has 8 heteroatoms. The Morgan fingerprint density at radius 1 is 1.40 bits per heavy atom. The topological polar surface area (TPSA) is 54.7 Å². The van der Waals surface area contributed by atoms with Gasteiger partial charge >= 0.3 is 0 Å². The molecule has 20 heavy (non-hydrogen) atoms. The fourth-order valence-corrected chi connectivity index (χ4v) is 5.56. The summed E-state index contributed by atoms with van der Waals surface area (Å²) in [6, 6.07) is 0.0639. The molecule has 0 spiro atoms. The smallest absolute Gasteiger partial charge is 0.262 e. The summed E-state index contributed by atoms with van der Waals surface area (Å²) in [6.07, 6.45) is 6.88.